The molecule has 0 spiro atoms. The van der Waals surface area contributed by atoms with Gasteiger partial charge in [0.15, 0.2) is 0 Å². The zero-order valence-corrected chi connectivity index (χ0v) is 14.6. The van der Waals surface area contributed by atoms with Gasteiger partial charge in [0, 0.05) is 41.0 Å². The summed E-state index contributed by atoms with van der Waals surface area (Å²) >= 11 is 0. The van der Waals surface area contributed by atoms with Crippen LogP contribution in [0.2, 0.25) is 0 Å². The summed E-state index contributed by atoms with van der Waals surface area (Å²) < 4.78 is 11.3. The van der Waals surface area contributed by atoms with Crippen molar-refractivity contribution in [1.29, 1.82) is 0 Å². The summed E-state index contributed by atoms with van der Waals surface area (Å²) in [4.78, 5) is 12.5. The van der Waals surface area contributed by atoms with Crippen LogP contribution in [0.15, 0.2) is 24.3 Å². The van der Waals surface area contributed by atoms with E-state index in [-0.39, 0.29) is 18.6 Å². The van der Waals surface area contributed by atoms with Crippen molar-refractivity contribution in [2.75, 3.05) is 12.9 Å². The average molecular weight is 337 g/mol. The molecule has 0 aliphatic heterocycles. The first-order chi connectivity index (χ1) is 11.1. The van der Waals surface area contributed by atoms with Crippen molar-refractivity contribution in [2.24, 2.45) is 5.92 Å². The number of aliphatic hydroxyl groups is 1. The largest absolute Gasteiger partial charge is 0.396 e. The lowest BCUT2D eigenvalue weighted by atomic mass is 9.82. The molecule has 4 nitrogen and oxygen atoms in total. The highest BCUT2D eigenvalue weighted by molar-refractivity contribution is 7.83. The summed E-state index contributed by atoms with van der Waals surface area (Å²) in [6, 6.07) is 7.36. The third-order valence-corrected chi connectivity index (χ3v) is 5.27. The molecule has 0 bridgehead atoms. The van der Waals surface area contributed by atoms with Crippen molar-refractivity contribution in [3.8, 4) is 0 Å². The SMILES string of the molecule is CS(=O)Cc1cccc(C(=O)NC(CCO)C2CCCCC2)c1. The number of hydrogen-bond donors (Lipinski definition) is 2. The maximum Gasteiger partial charge on any atom is 0.251 e. The van der Waals surface area contributed by atoms with E-state index in [1.54, 1.807) is 12.3 Å². The highest BCUT2D eigenvalue weighted by atomic mass is 32.2. The Morgan fingerprint density at radius 1 is 1.35 bits per heavy atom. The summed E-state index contributed by atoms with van der Waals surface area (Å²) in [6.07, 6.45) is 8.20. The smallest absolute Gasteiger partial charge is 0.251 e. The van der Waals surface area contributed by atoms with Crippen LogP contribution in [-0.4, -0.2) is 34.1 Å². The predicted molar refractivity (Wildman–Crippen MR) is 93.7 cm³/mol. The molecule has 0 radical (unpaired) electrons. The van der Waals surface area contributed by atoms with Crippen molar-refractivity contribution in [1.82, 2.24) is 5.32 Å². The van der Waals surface area contributed by atoms with Crippen LogP contribution in [0.25, 0.3) is 0 Å². The van der Waals surface area contributed by atoms with E-state index >= 15 is 0 Å². The number of amides is 1. The molecular weight excluding hydrogens is 310 g/mol. The fourth-order valence-electron chi connectivity index (χ4n) is 3.39. The molecule has 1 fully saturated rings. The summed E-state index contributed by atoms with van der Waals surface area (Å²) in [5, 5.41) is 12.4. The molecule has 0 heterocycles. The third kappa shape index (κ3) is 5.74. The van der Waals surface area contributed by atoms with E-state index in [0.29, 0.717) is 23.7 Å². The maximum atomic E-state index is 12.5. The predicted octanol–water partition coefficient (Wildman–Crippen LogP) is 2.63. The number of nitrogens with one attached hydrogen (secondary N) is 1. The van der Waals surface area contributed by atoms with Crippen molar-refractivity contribution >= 4 is 16.7 Å². The van der Waals surface area contributed by atoms with E-state index in [1.807, 2.05) is 18.2 Å². The summed E-state index contributed by atoms with van der Waals surface area (Å²) in [6.45, 7) is 0.0936. The molecule has 2 N–H and O–H groups in total. The zero-order valence-electron chi connectivity index (χ0n) is 13.8. The number of carbonyl (C=O) groups is 1. The first-order valence-electron chi connectivity index (χ1n) is 8.41. The highest BCUT2D eigenvalue weighted by Gasteiger charge is 2.25. The van der Waals surface area contributed by atoms with E-state index < -0.39 is 10.8 Å². The lowest BCUT2D eigenvalue weighted by Crippen LogP contribution is -2.41. The van der Waals surface area contributed by atoms with Crippen molar-refractivity contribution < 1.29 is 14.1 Å². The van der Waals surface area contributed by atoms with Crippen LogP contribution >= 0.6 is 0 Å². The fourth-order valence-corrected chi connectivity index (χ4v) is 4.04. The molecule has 0 aromatic heterocycles. The first-order valence-corrected chi connectivity index (χ1v) is 10.1. The molecule has 5 heteroatoms. The number of carbonyl (C=O) groups excluding carboxylic acids is 1. The monoisotopic (exact) mass is 337 g/mol. The Morgan fingerprint density at radius 3 is 2.74 bits per heavy atom. The second-order valence-electron chi connectivity index (χ2n) is 6.41. The Hall–Kier alpha value is -1.20. The Balaban J connectivity index is 2.04. The fraction of sp³-hybridized carbons (Fsp3) is 0.611. The molecule has 23 heavy (non-hydrogen) atoms. The van der Waals surface area contributed by atoms with Crippen LogP contribution < -0.4 is 5.32 Å². The summed E-state index contributed by atoms with van der Waals surface area (Å²) in [7, 11) is -0.920. The van der Waals surface area contributed by atoms with Gasteiger partial charge in [-0.05, 0) is 42.9 Å². The highest BCUT2D eigenvalue weighted by Crippen LogP contribution is 2.28. The topological polar surface area (TPSA) is 66.4 Å². The molecule has 2 atom stereocenters. The van der Waals surface area contributed by atoms with Crippen LogP contribution in [0.1, 0.15) is 54.4 Å². The molecule has 1 amide bonds. The number of rotatable bonds is 7. The number of aliphatic hydroxyl groups excluding tert-OH is 1. The van der Waals surface area contributed by atoms with Gasteiger partial charge >= 0.3 is 0 Å². The van der Waals surface area contributed by atoms with Gasteiger partial charge in [0.1, 0.15) is 0 Å². The van der Waals surface area contributed by atoms with E-state index in [9.17, 15) is 14.1 Å². The molecule has 0 saturated heterocycles. The molecule has 2 unspecified atom stereocenters. The molecule has 1 aliphatic rings. The first kappa shape index (κ1) is 18.1. The van der Waals surface area contributed by atoms with Crippen LogP contribution in [-0.2, 0) is 16.6 Å². The minimum Gasteiger partial charge on any atom is -0.396 e. The normalized spacial score (nSPS) is 18.3. The molecule has 1 aromatic rings. The Morgan fingerprint density at radius 2 is 2.09 bits per heavy atom. The Kier molecular flexibility index (Phi) is 7.24. The summed E-state index contributed by atoms with van der Waals surface area (Å²) in [5.41, 5.74) is 1.52. The van der Waals surface area contributed by atoms with E-state index in [4.69, 9.17) is 0 Å². The molecule has 128 valence electrons. The van der Waals surface area contributed by atoms with Crippen molar-refractivity contribution in [2.45, 2.75) is 50.3 Å². The van der Waals surface area contributed by atoms with Crippen LogP contribution in [0.3, 0.4) is 0 Å². The molecule has 1 aromatic carbocycles. The van der Waals surface area contributed by atoms with Crippen LogP contribution in [0.5, 0.6) is 0 Å². The standard InChI is InChI=1S/C18H27NO3S/c1-23(22)13-14-6-5-9-16(12-14)18(21)19-17(10-11-20)15-7-3-2-4-8-15/h5-6,9,12,15,17,20H,2-4,7-8,10-11,13H2,1H3,(H,19,21). The van der Waals surface area contributed by atoms with Crippen molar-refractivity contribution in [3.63, 3.8) is 0 Å². The van der Waals surface area contributed by atoms with Gasteiger partial charge < -0.3 is 10.4 Å². The van der Waals surface area contributed by atoms with Gasteiger partial charge in [-0.2, -0.15) is 0 Å². The van der Waals surface area contributed by atoms with Crippen LogP contribution in [0, 0.1) is 5.92 Å². The molecular formula is C18H27NO3S. The zero-order chi connectivity index (χ0) is 16.7. The van der Waals surface area contributed by atoms with Gasteiger partial charge in [0.2, 0.25) is 0 Å². The van der Waals surface area contributed by atoms with Crippen molar-refractivity contribution in [3.05, 3.63) is 35.4 Å². The van der Waals surface area contributed by atoms with E-state index in [2.05, 4.69) is 5.32 Å². The number of hydrogen-bond acceptors (Lipinski definition) is 3. The second kappa shape index (κ2) is 9.18. The lowest BCUT2D eigenvalue weighted by Gasteiger charge is -2.30. The minimum atomic E-state index is -0.920. The van der Waals surface area contributed by atoms with Gasteiger partial charge in [-0.1, -0.05) is 31.4 Å². The number of benzene rings is 1. The van der Waals surface area contributed by atoms with Gasteiger partial charge in [0.05, 0.1) is 0 Å². The molecule has 1 saturated carbocycles. The second-order valence-corrected chi connectivity index (χ2v) is 7.84. The van der Waals surface area contributed by atoms with Gasteiger partial charge in [-0.25, -0.2) is 0 Å². The minimum absolute atomic E-state index is 0.0387. The summed E-state index contributed by atoms with van der Waals surface area (Å²) in [5.74, 6) is 0.827. The Bertz CT molecular complexity index is 541. The third-order valence-electron chi connectivity index (χ3n) is 4.53. The van der Waals surface area contributed by atoms with E-state index in [0.717, 1.165) is 18.4 Å². The van der Waals surface area contributed by atoms with E-state index in [1.165, 1.54) is 19.3 Å². The van der Waals surface area contributed by atoms with Gasteiger partial charge in [-0.3, -0.25) is 9.00 Å². The maximum absolute atomic E-state index is 12.5. The van der Waals surface area contributed by atoms with Crippen LogP contribution in [0.4, 0.5) is 0 Å². The van der Waals surface area contributed by atoms with Gasteiger partial charge in [-0.15, -0.1) is 0 Å². The Labute approximate surface area is 141 Å². The molecule has 2 rings (SSSR count). The lowest BCUT2D eigenvalue weighted by molar-refractivity contribution is 0.0899. The molecule has 1 aliphatic carbocycles. The average Bonchev–Trinajstić information content (AvgIpc) is 2.55. The quantitative estimate of drug-likeness (QED) is 0.804. The van der Waals surface area contributed by atoms with Gasteiger partial charge in [0.25, 0.3) is 5.91 Å².